The van der Waals surface area contributed by atoms with E-state index in [2.05, 4.69) is 72.5 Å². The first-order valence-corrected chi connectivity index (χ1v) is 12.0. The molecule has 2 fully saturated rings. The molecule has 3 aromatic rings. The summed E-state index contributed by atoms with van der Waals surface area (Å²) in [4.78, 5) is 18.0. The van der Waals surface area contributed by atoms with Crippen molar-refractivity contribution < 1.29 is 9.47 Å². The molecule has 2 aromatic heterocycles. The molecule has 0 spiro atoms. The molecule has 0 amide bonds. The summed E-state index contributed by atoms with van der Waals surface area (Å²) in [5.41, 5.74) is 5.33. The summed E-state index contributed by atoms with van der Waals surface area (Å²) in [5.74, 6) is 1.68. The molecule has 0 bridgehead atoms. The highest BCUT2D eigenvalue weighted by Crippen LogP contribution is 2.33. The van der Waals surface area contributed by atoms with Gasteiger partial charge in [0.05, 0.1) is 44.2 Å². The maximum absolute atomic E-state index is 5.73. The molecule has 1 aromatic carbocycles. The quantitative estimate of drug-likeness (QED) is 0.601. The van der Waals surface area contributed by atoms with Gasteiger partial charge in [0.25, 0.3) is 0 Å². The van der Waals surface area contributed by atoms with E-state index in [0.717, 1.165) is 47.2 Å². The van der Waals surface area contributed by atoms with Crippen molar-refractivity contribution in [2.24, 2.45) is 0 Å². The molecule has 0 aliphatic carbocycles. The molecular formula is C27H33N5O2. The highest BCUT2D eigenvalue weighted by molar-refractivity contribution is 5.97. The highest BCUT2D eigenvalue weighted by atomic mass is 16.5. The number of benzene rings is 1. The Bertz CT molecular complexity index is 1220. The lowest BCUT2D eigenvalue weighted by molar-refractivity contribution is 0.0972. The predicted molar refractivity (Wildman–Crippen MR) is 139 cm³/mol. The minimum Gasteiger partial charge on any atom is -0.377 e. The maximum atomic E-state index is 5.73. The summed E-state index contributed by atoms with van der Waals surface area (Å²) in [6.45, 7) is 14.9. The van der Waals surface area contributed by atoms with Crippen LogP contribution in [0, 0.1) is 0 Å². The van der Waals surface area contributed by atoms with Crippen molar-refractivity contribution in [3.05, 3.63) is 53.9 Å². The second-order valence-corrected chi connectivity index (χ2v) is 9.16. The van der Waals surface area contributed by atoms with E-state index in [4.69, 9.17) is 19.4 Å². The summed E-state index contributed by atoms with van der Waals surface area (Å²) < 4.78 is 11.4. The van der Waals surface area contributed by atoms with Gasteiger partial charge in [-0.1, -0.05) is 18.7 Å². The van der Waals surface area contributed by atoms with Crippen molar-refractivity contribution in [1.82, 2.24) is 15.0 Å². The largest absolute Gasteiger partial charge is 0.377 e. The molecule has 2 atom stereocenters. The number of hydrogen-bond acceptors (Lipinski definition) is 6. The predicted octanol–water partition coefficient (Wildman–Crippen LogP) is 4.61. The van der Waals surface area contributed by atoms with Gasteiger partial charge in [-0.2, -0.15) is 4.98 Å². The van der Waals surface area contributed by atoms with Crippen molar-refractivity contribution in [2.45, 2.75) is 32.9 Å². The summed E-state index contributed by atoms with van der Waals surface area (Å²) in [6.07, 6.45) is 6.04. The number of fused-ring (bicyclic) bond motifs is 1. The minimum atomic E-state index is 0.218. The molecule has 7 nitrogen and oxygen atoms in total. The lowest BCUT2D eigenvalue weighted by Gasteiger charge is -2.37. The molecule has 178 valence electrons. The molecular weight excluding hydrogens is 426 g/mol. The van der Waals surface area contributed by atoms with Gasteiger partial charge in [0.15, 0.2) is 0 Å². The monoisotopic (exact) mass is 459 g/mol. The van der Waals surface area contributed by atoms with Gasteiger partial charge in [-0.15, -0.1) is 0 Å². The van der Waals surface area contributed by atoms with Crippen LogP contribution < -0.4 is 9.80 Å². The Labute approximate surface area is 201 Å². The van der Waals surface area contributed by atoms with E-state index >= 15 is 0 Å². The first-order chi connectivity index (χ1) is 16.6. The average Bonchev–Trinajstić information content (AvgIpc) is 3.34. The molecule has 7 heteroatoms. The van der Waals surface area contributed by atoms with Crippen LogP contribution in [0.5, 0.6) is 0 Å². The van der Waals surface area contributed by atoms with Crippen molar-refractivity contribution in [1.29, 1.82) is 0 Å². The molecule has 34 heavy (non-hydrogen) atoms. The van der Waals surface area contributed by atoms with E-state index in [0.29, 0.717) is 26.4 Å². The first kappa shape index (κ1) is 22.6. The number of allylic oxidation sites excluding steroid dienone is 1. The zero-order valence-electron chi connectivity index (χ0n) is 20.3. The van der Waals surface area contributed by atoms with Gasteiger partial charge in [-0.05, 0) is 56.2 Å². The molecule has 2 unspecified atom stereocenters. The van der Waals surface area contributed by atoms with Crippen LogP contribution in [0.2, 0.25) is 0 Å². The fourth-order valence-electron chi connectivity index (χ4n) is 4.89. The van der Waals surface area contributed by atoms with Gasteiger partial charge in [0, 0.05) is 35.8 Å². The molecule has 5 rings (SSSR count). The molecule has 0 saturated carbocycles. The van der Waals surface area contributed by atoms with Crippen LogP contribution in [0.1, 0.15) is 37.6 Å². The van der Waals surface area contributed by atoms with Crippen LogP contribution in [0.15, 0.2) is 37.0 Å². The zero-order chi connectivity index (χ0) is 23.7. The van der Waals surface area contributed by atoms with Crippen LogP contribution in [0.25, 0.3) is 28.6 Å². The Morgan fingerprint density at radius 3 is 2.50 bits per heavy atom. The molecule has 4 heterocycles. The Morgan fingerprint density at radius 2 is 1.79 bits per heavy atom. The van der Waals surface area contributed by atoms with Crippen LogP contribution >= 0.6 is 0 Å². The van der Waals surface area contributed by atoms with Crippen molar-refractivity contribution in [3.8, 4) is 0 Å². The molecule has 0 radical (unpaired) electrons. The van der Waals surface area contributed by atoms with Crippen LogP contribution in [0.3, 0.4) is 0 Å². The van der Waals surface area contributed by atoms with Gasteiger partial charge >= 0.3 is 0 Å². The van der Waals surface area contributed by atoms with Gasteiger partial charge in [0.2, 0.25) is 5.95 Å². The van der Waals surface area contributed by atoms with E-state index in [1.165, 1.54) is 10.9 Å². The lowest BCUT2D eigenvalue weighted by Crippen LogP contribution is -2.46. The van der Waals surface area contributed by atoms with Gasteiger partial charge in [-0.25, -0.2) is 4.98 Å². The number of anilines is 2. The Kier molecular flexibility index (Phi) is 6.39. The summed E-state index contributed by atoms with van der Waals surface area (Å²) in [6, 6.07) is 8.92. The number of aromatic amines is 1. The summed E-state index contributed by atoms with van der Waals surface area (Å²) in [7, 11) is 0. The average molecular weight is 460 g/mol. The number of morpholine rings is 2. The standard InChI is InChI=1S/C27H33N5O2/c1-5-24-23(15-18(2)21-7-6-8-25-22(21)9-10-28-25)26(31-11-13-33-16-19(31)3)30-27(29-24)32-12-14-34-17-20(32)4/h5-10,15,19-20,28H,1,11-14,16-17H2,2-4H3. The lowest BCUT2D eigenvalue weighted by atomic mass is 10.00. The number of nitrogens with one attached hydrogen (secondary N) is 1. The van der Waals surface area contributed by atoms with Crippen molar-refractivity contribution in [3.63, 3.8) is 0 Å². The normalized spacial score (nSPS) is 21.8. The maximum Gasteiger partial charge on any atom is 0.228 e. The van der Waals surface area contributed by atoms with E-state index in [1.54, 1.807) is 0 Å². The second-order valence-electron chi connectivity index (χ2n) is 9.16. The third-order valence-electron chi connectivity index (χ3n) is 6.78. The third kappa shape index (κ3) is 4.21. The minimum absolute atomic E-state index is 0.218. The van der Waals surface area contributed by atoms with E-state index in [-0.39, 0.29) is 12.1 Å². The first-order valence-electron chi connectivity index (χ1n) is 12.0. The Morgan fingerprint density at radius 1 is 1.06 bits per heavy atom. The van der Waals surface area contributed by atoms with Gasteiger partial charge in [0.1, 0.15) is 5.82 Å². The zero-order valence-corrected chi connectivity index (χ0v) is 20.3. The SMILES string of the molecule is C=Cc1nc(N2CCOCC2C)nc(N2CCOCC2C)c1C=C(C)c1cccc2[nH]ccc12. The molecule has 2 aliphatic heterocycles. The number of ether oxygens (including phenoxy) is 2. The van der Waals surface area contributed by atoms with Gasteiger partial charge < -0.3 is 24.3 Å². The number of hydrogen-bond donors (Lipinski definition) is 1. The highest BCUT2D eigenvalue weighted by Gasteiger charge is 2.28. The van der Waals surface area contributed by atoms with Crippen LogP contribution in [-0.2, 0) is 9.47 Å². The number of aromatic nitrogens is 3. The molecule has 2 saturated heterocycles. The van der Waals surface area contributed by atoms with E-state index < -0.39 is 0 Å². The fraction of sp³-hybridized carbons (Fsp3) is 0.407. The molecule has 2 aliphatic rings. The number of nitrogens with zero attached hydrogens (tertiary/aromatic N) is 4. The van der Waals surface area contributed by atoms with Gasteiger partial charge in [-0.3, -0.25) is 0 Å². The Balaban J connectivity index is 1.66. The van der Waals surface area contributed by atoms with Crippen LogP contribution in [0.4, 0.5) is 11.8 Å². The van der Waals surface area contributed by atoms with E-state index in [1.807, 2.05) is 12.3 Å². The summed E-state index contributed by atoms with van der Waals surface area (Å²) in [5, 5.41) is 1.21. The third-order valence-corrected chi connectivity index (χ3v) is 6.78. The second kappa shape index (κ2) is 9.60. The number of H-pyrrole nitrogens is 1. The van der Waals surface area contributed by atoms with Crippen molar-refractivity contribution >= 4 is 40.4 Å². The summed E-state index contributed by atoms with van der Waals surface area (Å²) >= 11 is 0. The topological polar surface area (TPSA) is 66.5 Å². The van der Waals surface area contributed by atoms with Crippen LogP contribution in [-0.4, -0.2) is 66.6 Å². The van der Waals surface area contributed by atoms with Crippen molar-refractivity contribution in [2.75, 3.05) is 49.3 Å². The Hall–Kier alpha value is -3.16. The fourth-order valence-corrected chi connectivity index (χ4v) is 4.89. The van der Waals surface area contributed by atoms with E-state index in [9.17, 15) is 0 Å². The number of rotatable bonds is 5. The molecule has 1 N–H and O–H groups in total. The smallest absolute Gasteiger partial charge is 0.228 e.